The van der Waals surface area contributed by atoms with Crippen LogP contribution in [0.2, 0.25) is 0 Å². The number of thioether (sulfide) groups is 1. The molecule has 3 heterocycles. The van der Waals surface area contributed by atoms with Gasteiger partial charge >= 0.3 is 0 Å². The number of aromatic nitrogens is 5. The minimum Gasteiger partial charge on any atom is -0.461 e. The Balaban J connectivity index is 1.57. The highest BCUT2D eigenvalue weighted by Gasteiger charge is 2.27. The molecule has 1 unspecified atom stereocenters. The van der Waals surface area contributed by atoms with Crippen molar-refractivity contribution in [2.45, 2.75) is 81.7 Å². The third-order valence-corrected chi connectivity index (χ3v) is 6.26. The molecule has 1 saturated carbocycles. The van der Waals surface area contributed by atoms with Crippen LogP contribution in [0.3, 0.4) is 0 Å². The lowest BCUT2D eigenvalue weighted by molar-refractivity contribution is 0.337. The third kappa shape index (κ3) is 4.16. The van der Waals surface area contributed by atoms with E-state index < -0.39 is 0 Å². The predicted octanol–water partition coefficient (Wildman–Crippen LogP) is 5.62. The van der Waals surface area contributed by atoms with E-state index in [2.05, 4.69) is 38.8 Å². The molecule has 28 heavy (non-hydrogen) atoms. The highest BCUT2D eigenvalue weighted by molar-refractivity contribution is 7.99. The van der Waals surface area contributed by atoms with E-state index in [1.165, 1.54) is 19.3 Å². The minimum atomic E-state index is 0.0128. The van der Waals surface area contributed by atoms with Crippen LogP contribution in [-0.2, 0) is 6.42 Å². The predicted molar refractivity (Wildman–Crippen MR) is 107 cm³/mol. The summed E-state index contributed by atoms with van der Waals surface area (Å²) in [4.78, 5) is 4.57. The number of nitrogens with zero attached hydrogens (tertiary/aromatic N) is 5. The van der Waals surface area contributed by atoms with Crippen LogP contribution in [0.4, 0.5) is 0 Å². The highest BCUT2D eigenvalue weighted by atomic mass is 32.2. The van der Waals surface area contributed by atoms with Gasteiger partial charge in [-0.15, -0.1) is 10.2 Å². The topological polar surface area (TPSA) is 82.8 Å². The zero-order chi connectivity index (χ0) is 19.3. The van der Waals surface area contributed by atoms with Crippen molar-refractivity contribution in [1.29, 1.82) is 0 Å². The number of furan rings is 1. The lowest BCUT2D eigenvalue weighted by atomic mass is 9.95. The molecule has 0 N–H and O–H groups in total. The Hall–Kier alpha value is -2.09. The van der Waals surface area contributed by atoms with E-state index in [-0.39, 0.29) is 5.25 Å². The van der Waals surface area contributed by atoms with Crippen molar-refractivity contribution in [3.05, 3.63) is 30.1 Å². The van der Waals surface area contributed by atoms with Crippen molar-refractivity contribution < 1.29 is 8.94 Å². The summed E-state index contributed by atoms with van der Waals surface area (Å²) in [6.45, 7) is 4.24. The molecule has 1 fully saturated rings. The molecular weight excluding hydrogens is 374 g/mol. The molecule has 0 radical (unpaired) electrons. The second-order valence-corrected chi connectivity index (χ2v) is 8.67. The van der Waals surface area contributed by atoms with Crippen LogP contribution in [-0.4, -0.2) is 24.9 Å². The Morgan fingerprint density at radius 2 is 2.11 bits per heavy atom. The van der Waals surface area contributed by atoms with Crippen LogP contribution in [0, 0.1) is 0 Å². The Morgan fingerprint density at radius 3 is 2.86 bits per heavy atom. The maximum absolute atomic E-state index is 5.62. The van der Waals surface area contributed by atoms with Gasteiger partial charge in [0, 0.05) is 12.5 Å². The van der Waals surface area contributed by atoms with E-state index in [4.69, 9.17) is 8.94 Å². The summed E-state index contributed by atoms with van der Waals surface area (Å²) in [7, 11) is 0. The van der Waals surface area contributed by atoms with Gasteiger partial charge in [-0.05, 0) is 38.3 Å². The van der Waals surface area contributed by atoms with Gasteiger partial charge in [0.2, 0.25) is 11.7 Å². The second-order valence-electron chi connectivity index (χ2n) is 7.36. The number of hydrogen-bond donors (Lipinski definition) is 0. The van der Waals surface area contributed by atoms with E-state index in [0.717, 1.165) is 54.7 Å². The molecule has 7 nitrogen and oxygen atoms in total. The zero-order valence-corrected chi connectivity index (χ0v) is 17.3. The van der Waals surface area contributed by atoms with Gasteiger partial charge in [0.15, 0.2) is 16.7 Å². The molecule has 1 aliphatic carbocycles. The highest BCUT2D eigenvalue weighted by Crippen LogP contribution is 2.39. The number of rotatable bonds is 8. The molecule has 0 spiro atoms. The molecule has 4 rings (SSSR count). The maximum Gasteiger partial charge on any atom is 0.239 e. The molecule has 150 valence electrons. The summed E-state index contributed by atoms with van der Waals surface area (Å²) in [6.07, 6.45) is 10.8. The Kier molecular flexibility index (Phi) is 6.14. The zero-order valence-electron chi connectivity index (χ0n) is 16.5. The first kappa shape index (κ1) is 19.2. The van der Waals surface area contributed by atoms with Crippen LogP contribution >= 0.6 is 11.8 Å². The molecule has 1 atom stereocenters. The molecular formula is C20H27N5O2S. The van der Waals surface area contributed by atoms with E-state index in [1.54, 1.807) is 18.0 Å². The number of aryl methyl sites for hydroxylation is 1. The Morgan fingerprint density at radius 1 is 1.25 bits per heavy atom. The molecule has 3 aromatic heterocycles. The molecule has 1 aliphatic rings. The van der Waals surface area contributed by atoms with Gasteiger partial charge in [0.25, 0.3) is 0 Å². The molecule has 0 aromatic carbocycles. The minimum absolute atomic E-state index is 0.0128. The standard InChI is InChI=1S/C20H27N5O2S/c1-3-4-12-17-21-19(27-24-17)14(2)28-20-23-22-18(16-11-8-13-26-16)25(20)15-9-6-5-7-10-15/h8,11,13-15H,3-7,9-10,12H2,1-2H3. The summed E-state index contributed by atoms with van der Waals surface area (Å²) in [5, 5.41) is 14.0. The van der Waals surface area contributed by atoms with Gasteiger partial charge in [0.05, 0.1) is 11.5 Å². The van der Waals surface area contributed by atoms with Crippen LogP contribution in [0.1, 0.15) is 81.8 Å². The van der Waals surface area contributed by atoms with Gasteiger partial charge < -0.3 is 8.94 Å². The van der Waals surface area contributed by atoms with Crippen molar-refractivity contribution in [1.82, 2.24) is 24.9 Å². The van der Waals surface area contributed by atoms with Crippen molar-refractivity contribution in [3.63, 3.8) is 0 Å². The van der Waals surface area contributed by atoms with Gasteiger partial charge in [-0.25, -0.2) is 0 Å². The molecule has 0 bridgehead atoms. The van der Waals surface area contributed by atoms with Crippen LogP contribution in [0.25, 0.3) is 11.6 Å². The first-order valence-electron chi connectivity index (χ1n) is 10.2. The van der Waals surface area contributed by atoms with Crippen LogP contribution in [0.15, 0.2) is 32.5 Å². The third-order valence-electron chi connectivity index (χ3n) is 5.21. The lowest BCUT2D eigenvalue weighted by Crippen LogP contribution is -2.15. The summed E-state index contributed by atoms with van der Waals surface area (Å²) in [6, 6.07) is 4.24. The average molecular weight is 402 g/mol. The average Bonchev–Trinajstić information content (AvgIpc) is 3.47. The first-order chi connectivity index (χ1) is 13.8. The normalized spacial score (nSPS) is 16.5. The summed E-state index contributed by atoms with van der Waals surface area (Å²) in [5.74, 6) is 3.00. The smallest absolute Gasteiger partial charge is 0.239 e. The van der Waals surface area contributed by atoms with Crippen LogP contribution < -0.4 is 0 Å². The fourth-order valence-electron chi connectivity index (χ4n) is 3.68. The maximum atomic E-state index is 5.62. The fourth-order valence-corrected chi connectivity index (χ4v) is 4.63. The van der Waals surface area contributed by atoms with E-state index in [9.17, 15) is 0 Å². The van der Waals surface area contributed by atoms with Gasteiger partial charge in [-0.1, -0.05) is 49.5 Å². The largest absolute Gasteiger partial charge is 0.461 e. The lowest BCUT2D eigenvalue weighted by Gasteiger charge is -2.25. The molecule has 0 amide bonds. The van der Waals surface area contributed by atoms with Gasteiger partial charge in [-0.2, -0.15) is 4.98 Å². The quantitative estimate of drug-likeness (QED) is 0.453. The molecule has 0 saturated heterocycles. The Bertz CT molecular complexity index is 867. The molecule has 8 heteroatoms. The van der Waals surface area contributed by atoms with E-state index in [1.807, 2.05) is 12.1 Å². The number of hydrogen-bond acceptors (Lipinski definition) is 7. The molecule has 3 aromatic rings. The number of unbranched alkanes of at least 4 members (excludes halogenated alkanes) is 1. The second kappa shape index (κ2) is 8.94. The Labute approximate surface area is 169 Å². The van der Waals surface area contributed by atoms with Crippen LogP contribution in [0.5, 0.6) is 0 Å². The van der Waals surface area contributed by atoms with Crippen molar-refractivity contribution in [2.75, 3.05) is 0 Å². The monoisotopic (exact) mass is 401 g/mol. The van der Waals surface area contributed by atoms with Gasteiger partial charge in [-0.3, -0.25) is 4.57 Å². The fraction of sp³-hybridized carbons (Fsp3) is 0.600. The summed E-state index contributed by atoms with van der Waals surface area (Å²) in [5.41, 5.74) is 0. The van der Waals surface area contributed by atoms with Crippen molar-refractivity contribution >= 4 is 11.8 Å². The van der Waals surface area contributed by atoms with Gasteiger partial charge in [0.1, 0.15) is 0 Å². The SMILES string of the molecule is CCCCc1noc(C(C)Sc2nnc(-c3ccco3)n2C2CCCCC2)n1. The molecule has 0 aliphatic heterocycles. The summed E-state index contributed by atoms with van der Waals surface area (Å²) >= 11 is 1.62. The van der Waals surface area contributed by atoms with Crippen molar-refractivity contribution in [2.24, 2.45) is 0 Å². The van der Waals surface area contributed by atoms with Crippen molar-refractivity contribution in [3.8, 4) is 11.6 Å². The van der Waals surface area contributed by atoms with E-state index in [0.29, 0.717) is 11.9 Å². The first-order valence-corrected chi connectivity index (χ1v) is 11.1. The summed E-state index contributed by atoms with van der Waals surface area (Å²) < 4.78 is 13.4. The van der Waals surface area contributed by atoms with E-state index >= 15 is 0 Å².